The molecule has 1 aliphatic heterocycles. The van der Waals surface area contributed by atoms with Gasteiger partial charge in [0.2, 0.25) is 0 Å². The molecule has 0 radical (unpaired) electrons. The summed E-state index contributed by atoms with van der Waals surface area (Å²) < 4.78 is 5.20. The number of carbonyl (C=O) groups is 2. The highest BCUT2D eigenvalue weighted by atomic mass is 16.3. The fourth-order valence-corrected chi connectivity index (χ4v) is 3.44. The lowest BCUT2D eigenvalue weighted by atomic mass is 10.2. The Bertz CT molecular complexity index is 759. The Morgan fingerprint density at radius 2 is 1.79 bits per heavy atom. The third-order valence-corrected chi connectivity index (χ3v) is 4.91. The molecule has 28 heavy (non-hydrogen) atoms. The van der Waals surface area contributed by atoms with E-state index < -0.39 is 0 Å². The number of pyridine rings is 1. The lowest BCUT2D eigenvalue weighted by Crippen LogP contribution is -2.48. The van der Waals surface area contributed by atoms with E-state index in [1.165, 1.54) is 6.26 Å². The first kappa shape index (κ1) is 19.9. The zero-order valence-corrected chi connectivity index (χ0v) is 16.6. The Morgan fingerprint density at radius 1 is 1.07 bits per heavy atom. The number of hydrogen-bond donors (Lipinski definition) is 0. The number of anilines is 1. The molecule has 2 aromatic rings. The first-order chi connectivity index (χ1) is 13.6. The van der Waals surface area contributed by atoms with Crippen molar-refractivity contribution < 1.29 is 14.0 Å². The van der Waals surface area contributed by atoms with Gasteiger partial charge in [-0.15, -0.1) is 0 Å². The van der Waals surface area contributed by atoms with E-state index in [2.05, 4.69) is 23.7 Å². The van der Waals surface area contributed by atoms with Gasteiger partial charge in [0.25, 0.3) is 11.8 Å². The van der Waals surface area contributed by atoms with Crippen molar-refractivity contribution in [3.05, 3.63) is 48.2 Å². The molecular formula is C21H28N4O3. The molecule has 7 nitrogen and oxygen atoms in total. The summed E-state index contributed by atoms with van der Waals surface area (Å²) in [5, 5.41) is 0. The maximum absolute atomic E-state index is 12.6. The van der Waals surface area contributed by atoms with Crippen LogP contribution in [0.2, 0.25) is 0 Å². The highest BCUT2D eigenvalue weighted by Gasteiger charge is 2.24. The number of amides is 2. The predicted molar refractivity (Wildman–Crippen MR) is 108 cm³/mol. The molecule has 1 aliphatic rings. The molecule has 0 N–H and O–H groups in total. The minimum atomic E-state index is -0.0735. The van der Waals surface area contributed by atoms with E-state index in [1.54, 1.807) is 29.3 Å². The van der Waals surface area contributed by atoms with Gasteiger partial charge in [-0.2, -0.15) is 0 Å². The third kappa shape index (κ3) is 4.52. The Hall–Kier alpha value is -2.83. The van der Waals surface area contributed by atoms with Crippen LogP contribution in [0.5, 0.6) is 0 Å². The van der Waals surface area contributed by atoms with Crippen LogP contribution in [0.4, 0.5) is 5.69 Å². The van der Waals surface area contributed by atoms with Gasteiger partial charge in [0.05, 0.1) is 18.1 Å². The topological polar surface area (TPSA) is 69.9 Å². The molecule has 3 rings (SSSR count). The molecule has 0 atom stereocenters. The summed E-state index contributed by atoms with van der Waals surface area (Å²) in [7, 11) is 0. The van der Waals surface area contributed by atoms with Crippen LogP contribution in [-0.4, -0.2) is 65.9 Å². The molecule has 3 heterocycles. The number of aromatic nitrogens is 1. The van der Waals surface area contributed by atoms with Crippen LogP contribution in [-0.2, 0) is 0 Å². The summed E-state index contributed by atoms with van der Waals surface area (Å²) >= 11 is 0. The largest absolute Gasteiger partial charge is 0.459 e. The van der Waals surface area contributed by atoms with Crippen LogP contribution in [0.1, 0.15) is 47.7 Å². The second kappa shape index (κ2) is 9.39. The van der Waals surface area contributed by atoms with E-state index >= 15 is 0 Å². The molecule has 0 unspecified atom stereocenters. The SMILES string of the molecule is CCCN(CCC)C(=O)c1ccc(N2CCN(C(=O)c3ccco3)CC2)cn1. The molecule has 0 bridgehead atoms. The van der Waals surface area contributed by atoms with Gasteiger partial charge >= 0.3 is 0 Å². The summed E-state index contributed by atoms with van der Waals surface area (Å²) in [5.74, 6) is 0.293. The van der Waals surface area contributed by atoms with Gasteiger partial charge < -0.3 is 19.1 Å². The highest BCUT2D eigenvalue weighted by Crippen LogP contribution is 2.18. The van der Waals surface area contributed by atoms with Crippen molar-refractivity contribution in [2.75, 3.05) is 44.2 Å². The van der Waals surface area contributed by atoms with Crippen LogP contribution in [0.25, 0.3) is 0 Å². The third-order valence-electron chi connectivity index (χ3n) is 4.91. The molecule has 0 aliphatic carbocycles. The average Bonchev–Trinajstić information content (AvgIpc) is 3.28. The number of rotatable bonds is 7. The minimum absolute atomic E-state index is 0.0101. The van der Waals surface area contributed by atoms with Crippen molar-refractivity contribution in [2.45, 2.75) is 26.7 Å². The number of furan rings is 1. The van der Waals surface area contributed by atoms with Gasteiger partial charge in [-0.25, -0.2) is 4.98 Å². The minimum Gasteiger partial charge on any atom is -0.459 e. The maximum Gasteiger partial charge on any atom is 0.289 e. The fourth-order valence-electron chi connectivity index (χ4n) is 3.44. The van der Waals surface area contributed by atoms with Crippen molar-refractivity contribution in [3.63, 3.8) is 0 Å². The van der Waals surface area contributed by atoms with Gasteiger partial charge in [0, 0.05) is 39.3 Å². The van der Waals surface area contributed by atoms with E-state index in [0.29, 0.717) is 24.5 Å². The monoisotopic (exact) mass is 384 g/mol. The van der Waals surface area contributed by atoms with Crippen LogP contribution in [0, 0.1) is 0 Å². The number of hydrogen-bond acceptors (Lipinski definition) is 5. The average molecular weight is 384 g/mol. The van der Waals surface area contributed by atoms with Crippen molar-refractivity contribution in [1.29, 1.82) is 0 Å². The smallest absolute Gasteiger partial charge is 0.289 e. The molecule has 0 saturated carbocycles. The number of piperazine rings is 1. The molecule has 0 aromatic carbocycles. The standard InChI is InChI=1S/C21H28N4O3/c1-3-9-24(10-4-2)20(26)18-8-7-17(16-22-18)23-11-13-25(14-12-23)21(27)19-6-5-15-28-19/h5-8,15-16H,3-4,9-14H2,1-2H3. The summed E-state index contributed by atoms with van der Waals surface area (Å²) in [5.41, 5.74) is 1.46. The fraction of sp³-hybridized carbons (Fsp3) is 0.476. The van der Waals surface area contributed by atoms with Gasteiger partial charge in [-0.1, -0.05) is 13.8 Å². The van der Waals surface area contributed by atoms with Crippen molar-refractivity contribution in [2.24, 2.45) is 0 Å². The van der Waals surface area contributed by atoms with Crippen LogP contribution >= 0.6 is 0 Å². The second-order valence-corrected chi connectivity index (χ2v) is 6.95. The summed E-state index contributed by atoms with van der Waals surface area (Å²) in [4.78, 5) is 35.2. The number of nitrogens with zero attached hydrogens (tertiary/aromatic N) is 4. The van der Waals surface area contributed by atoms with Gasteiger partial charge in [0.15, 0.2) is 5.76 Å². The maximum atomic E-state index is 12.6. The molecule has 7 heteroatoms. The number of carbonyl (C=O) groups excluding carboxylic acids is 2. The van der Waals surface area contributed by atoms with Gasteiger partial charge in [-0.05, 0) is 37.1 Å². The molecule has 1 saturated heterocycles. The molecule has 150 valence electrons. The lowest BCUT2D eigenvalue weighted by molar-refractivity contribution is 0.0713. The Morgan fingerprint density at radius 3 is 2.32 bits per heavy atom. The predicted octanol–water partition coefficient (Wildman–Crippen LogP) is 2.90. The van der Waals surface area contributed by atoms with E-state index in [-0.39, 0.29) is 11.8 Å². The highest BCUT2D eigenvalue weighted by molar-refractivity contribution is 5.92. The van der Waals surface area contributed by atoms with E-state index in [1.807, 2.05) is 11.0 Å². The van der Waals surface area contributed by atoms with E-state index in [9.17, 15) is 9.59 Å². The summed E-state index contributed by atoms with van der Waals surface area (Å²) in [6.07, 6.45) is 5.14. The zero-order chi connectivity index (χ0) is 19.9. The summed E-state index contributed by atoms with van der Waals surface area (Å²) in [6.45, 7) is 8.34. The van der Waals surface area contributed by atoms with Crippen LogP contribution < -0.4 is 4.90 Å². The molecule has 2 amide bonds. The Balaban J connectivity index is 1.58. The van der Waals surface area contributed by atoms with Gasteiger partial charge in [0.1, 0.15) is 5.69 Å². The zero-order valence-electron chi connectivity index (χ0n) is 16.6. The van der Waals surface area contributed by atoms with Crippen LogP contribution in [0.3, 0.4) is 0 Å². The molecule has 2 aromatic heterocycles. The van der Waals surface area contributed by atoms with E-state index in [0.717, 1.165) is 44.7 Å². The molecule has 1 fully saturated rings. The molecular weight excluding hydrogens is 356 g/mol. The van der Waals surface area contributed by atoms with Crippen molar-refractivity contribution in [1.82, 2.24) is 14.8 Å². The van der Waals surface area contributed by atoms with Crippen LogP contribution in [0.15, 0.2) is 41.1 Å². The summed E-state index contributed by atoms with van der Waals surface area (Å²) in [6, 6.07) is 7.16. The van der Waals surface area contributed by atoms with E-state index in [4.69, 9.17) is 4.42 Å². The Labute approximate surface area is 165 Å². The lowest BCUT2D eigenvalue weighted by Gasteiger charge is -2.35. The first-order valence-electron chi connectivity index (χ1n) is 9.97. The quantitative estimate of drug-likeness (QED) is 0.734. The Kier molecular flexibility index (Phi) is 6.68. The second-order valence-electron chi connectivity index (χ2n) is 6.95. The van der Waals surface area contributed by atoms with Crippen molar-refractivity contribution in [3.8, 4) is 0 Å². The first-order valence-corrected chi connectivity index (χ1v) is 9.97. The van der Waals surface area contributed by atoms with Crippen molar-refractivity contribution >= 4 is 17.5 Å². The molecule has 0 spiro atoms. The normalized spacial score (nSPS) is 14.2. The van der Waals surface area contributed by atoms with Gasteiger partial charge in [-0.3, -0.25) is 9.59 Å².